The second-order valence-corrected chi connectivity index (χ2v) is 4.41. The van der Waals surface area contributed by atoms with E-state index in [-0.39, 0.29) is 5.91 Å². The molecule has 2 aromatic rings. The summed E-state index contributed by atoms with van der Waals surface area (Å²) in [5, 5.41) is 2.80. The van der Waals surface area contributed by atoms with Crippen LogP contribution in [0.3, 0.4) is 0 Å². The van der Waals surface area contributed by atoms with Gasteiger partial charge in [0.2, 0.25) is 0 Å². The SMILES string of the molecule is COc1ccc(C)cc1NC(=O)c1ccc(CN)cn1. The van der Waals surface area contributed by atoms with Gasteiger partial charge in [0.15, 0.2) is 0 Å². The van der Waals surface area contributed by atoms with Gasteiger partial charge in [0, 0.05) is 12.7 Å². The number of aromatic nitrogens is 1. The van der Waals surface area contributed by atoms with E-state index >= 15 is 0 Å². The number of hydrogen-bond donors (Lipinski definition) is 2. The van der Waals surface area contributed by atoms with Crippen LogP contribution in [0.4, 0.5) is 5.69 Å². The smallest absolute Gasteiger partial charge is 0.274 e. The number of nitrogens with two attached hydrogens (primary N) is 1. The maximum Gasteiger partial charge on any atom is 0.274 e. The molecular weight excluding hydrogens is 254 g/mol. The Hall–Kier alpha value is -2.40. The Morgan fingerprint density at radius 2 is 2.15 bits per heavy atom. The van der Waals surface area contributed by atoms with Crippen molar-refractivity contribution in [2.24, 2.45) is 5.73 Å². The average Bonchev–Trinajstić information content (AvgIpc) is 2.47. The van der Waals surface area contributed by atoms with E-state index in [4.69, 9.17) is 10.5 Å². The van der Waals surface area contributed by atoms with Crippen molar-refractivity contribution in [2.45, 2.75) is 13.5 Å². The number of rotatable bonds is 4. The summed E-state index contributed by atoms with van der Waals surface area (Å²) in [6, 6.07) is 9.03. The lowest BCUT2D eigenvalue weighted by Gasteiger charge is -2.10. The Balaban J connectivity index is 2.20. The first-order chi connectivity index (χ1) is 9.63. The van der Waals surface area contributed by atoms with E-state index < -0.39 is 0 Å². The van der Waals surface area contributed by atoms with Gasteiger partial charge >= 0.3 is 0 Å². The zero-order valence-electron chi connectivity index (χ0n) is 11.5. The van der Waals surface area contributed by atoms with Crippen LogP contribution in [0.15, 0.2) is 36.5 Å². The number of methoxy groups -OCH3 is 1. The Morgan fingerprint density at radius 1 is 1.35 bits per heavy atom. The van der Waals surface area contributed by atoms with Crippen molar-refractivity contribution in [1.29, 1.82) is 0 Å². The Labute approximate surface area is 117 Å². The number of carbonyl (C=O) groups excluding carboxylic acids is 1. The minimum Gasteiger partial charge on any atom is -0.495 e. The summed E-state index contributed by atoms with van der Waals surface area (Å²) in [5.74, 6) is 0.333. The van der Waals surface area contributed by atoms with Gasteiger partial charge < -0.3 is 15.8 Å². The van der Waals surface area contributed by atoms with Crippen LogP contribution in [0.25, 0.3) is 0 Å². The number of amides is 1. The minimum absolute atomic E-state index is 0.280. The van der Waals surface area contributed by atoms with Crippen LogP contribution in [0.5, 0.6) is 5.75 Å². The molecule has 104 valence electrons. The molecule has 0 aliphatic heterocycles. The third-order valence-electron chi connectivity index (χ3n) is 2.90. The fraction of sp³-hybridized carbons (Fsp3) is 0.200. The topological polar surface area (TPSA) is 77.2 Å². The number of nitrogens with zero attached hydrogens (tertiary/aromatic N) is 1. The summed E-state index contributed by atoms with van der Waals surface area (Å²) >= 11 is 0. The van der Waals surface area contributed by atoms with Gasteiger partial charge in [-0.1, -0.05) is 12.1 Å². The predicted molar refractivity (Wildman–Crippen MR) is 77.8 cm³/mol. The summed E-state index contributed by atoms with van der Waals surface area (Å²) in [6.07, 6.45) is 1.60. The zero-order valence-corrected chi connectivity index (χ0v) is 11.5. The van der Waals surface area contributed by atoms with Gasteiger partial charge in [0.05, 0.1) is 12.8 Å². The Kier molecular flexibility index (Phi) is 4.32. The zero-order chi connectivity index (χ0) is 14.5. The second-order valence-electron chi connectivity index (χ2n) is 4.41. The molecular formula is C15H17N3O2. The van der Waals surface area contributed by atoms with Gasteiger partial charge in [-0.3, -0.25) is 9.78 Å². The number of anilines is 1. The molecule has 0 radical (unpaired) electrons. The minimum atomic E-state index is -0.280. The lowest BCUT2D eigenvalue weighted by molar-refractivity contribution is 0.102. The molecule has 0 fully saturated rings. The van der Waals surface area contributed by atoms with Crippen molar-refractivity contribution < 1.29 is 9.53 Å². The fourth-order valence-electron chi connectivity index (χ4n) is 1.79. The van der Waals surface area contributed by atoms with E-state index in [0.717, 1.165) is 11.1 Å². The van der Waals surface area contributed by atoms with Gasteiger partial charge in [-0.2, -0.15) is 0 Å². The molecule has 20 heavy (non-hydrogen) atoms. The molecule has 0 bridgehead atoms. The van der Waals surface area contributed by atoms with Crippen molar-refractivity contribution in [3.63, 3.8) is 0 Å². The van der Waals surface area contributed by atoms with Crippen LogP contribution in [0.1, 0.15) is 21.6 Å². The number of pyridine rings is 1. The summed E-state index contributed by atoms with van der Waals surface area (Å²) in [6.45, 7) is 2.35. The number of hydrogen-bond acceptors (Lipinski definition) is 4. The average molecular weight is 271 g/mol. The molecule has 0 aliphatic carbocycles. The maximum absolute atomic E-state index is 12.1. The van der Waals surface area contributed by atoms with Crippen LogP contribution in [0, 0.1) is 6.92 Å². The highest BCUT2D eigenvalue weighted by molar-refractivity contribution is 6.03. The molecule has 5 nitrogen and oxygen atoms in total. The molecule has 2 rings (SSSR count). The number of aryl methyl sites for hydroxylation is 1. The molecule has 0 atom stereocenters. The number of nitrogens with one attached hydrogen (secondary N) is 1. The van der Waals surface area contributed by atoms with Crippen LogP contribution in [-0.2, 0) is 6.54 Å². The van der Waals surface area contributed by atoms with Crippen molar-refractivity contribution in [1.82, 2.24) is 4.98 Å². The molecule has 0 saturated carbocycles. The molecule has 1 amide bonds. The van der Waals surface area contributed by atoms with E-state index in [1.165, 1.54) is 0 Å². The summed E-state index contributed by atoms with van der Waals surface area (Å²) < 4.78 is 5.22. The largest absolute Gasteiger partial charge is 0.495 e. The van der Waals surface area contributed by atoms with Crippen molar-refractivity contribution in [3.8, 4) is 5.75 Å². The van der Waals surface area contributed by atoms with Gasteiger partial charge in [-0.05, 0) is 36.2 Å². The van der Waals surface area contributed by atoms with E-state index in [9.17, 15) is 4.79 Å². The van der Waals surface area contributed by atoms with Crippen LogP contribution in [0.2, 0.25) is 0 Å². The van der Waals surface area contributed by atoms with E-state index in [2.05, 4.69) is 10.3 Å². The fourth-order valence-corrected chi connectivity index (χ4v) is 1.79. The van der Waals surface area contributed by atoms with E-state index in [0.29, 0.717) is 23.7 Å². The first-order valence-electron chi connectivity index (χ1n) is 6.25. The highest BCUT2D eigenvalue weighted by Gasteiger charge is 2.11. The summed E-state index contributed by atoms with van der Waals surface area (Å²) in [4.78, 5) is 16.2. The third-order valence-corrected chi connectivity index (χ3v) is 2.90. The van der Waals surface area contributed by atoms with E-state index in [1.807, 2.05) is 25.1 Å². The first kappa shape index (κ1) is 14.0. The molecule has 5 heteroatoms. The Morgan fingerprint density at radius 3 is 2.75 bits per heavy atom. The van der Waals surface area contributed by atoms with Gasteiger partial charge in [0.25, 0.3) is 5.91 Å². The van der Waals surface area contributed by atoms with Gasteiger partial charge in [-0.15, -0.1) is 0 Å². The lowest BCUT2D eigenvalue weighted by atomic mass is 10.2. The molecule has 0 aliphatic rings. The predicted octanol–water partition coefficient (Wildman–Crippen LogP) is 2.11. The molecule has 3 N–H and O–H groups in total. The van der Waals surface area contributed by atoms with E-state index in [1.54, 1.807) is 25.4 Å². The molecule has 1 aromatic heterocycles. The molecule has 0 spiro atoms. The highest BCUT2D eigenvalue weighted by atomic mass is 16.5. The normalized spacial score (nSPS) is 10.2. The number of ether oxygens (including phenoxy) is 1. The van der Waals surface area contributed by atoms with Crippen LogP contribution < -0.4 is 15.8 Å². The van der Waals surface area contributed by atoms with Crippen molar-refractivity contribution in [3.05, 3.63) is 53.3 Å². The second kappa shape index (κ2) is 6.16. The van der Waals surface area contributed by atoms with Crippen molar-refractivity contribution >= 4 is 11.6 Å². The van der Waals surface area contributed by atoms with Gasteiger partial charge in [0.1, 0.15) is 11.4 Å². The molecule has 1 heterocycles. The lowest BCUT2D eigenvalue weighted by Crippen LogP contribution is -2.14. The quantitative estimate of drug-likeness (QED) is 0.892. The van der Waals surface area contributed by atoms with Crippen LogP contribution >= 0.6 is 0 Å². The first-order valence-corrected chi connectivity index (χ1v) is 6.25. The Bertz CT molecular complexity index is 609. The standard InChI is InChI=1S/C15H17N3O2/c1-10-3-6-14(20-2)13(7-10)18-15(19)12-5-4-11(8-16)9-17-12/h3-7,9H,8,16H2,1-2H3,(H,18,19). The molecule has 0 saturated heterocycles. The summed E-state index contributed by atoms with van der Waals surface area (Å²) in [7, 11) is 1.56. The molecule has 0 unspecified atom stereocenters. The third kappa shape index (κ3) is 3.13. The van der Waals surface area contributed by atoms with Crippen LogP contribution in [-0.4, -0.2) is 18.0 Å². The van der Waals surface area contributed by atoms with Crippen molar-refractivity contribution in [2.75, 3.05) is 12.4 Å². The monoisotopic (exact) mass is 271 g/mol. The highest BCUT2D eigenvalue weighted by Crippen LogP contribution is 2.25. The maximum atomic E-state index is 12.1. The van der Waals surface area contributed by atoms with Gasteiger partial charge in [-0.25, -0.2) is 0 Å². The summed E-state index contributed by atoms with van der Waals surface area (Å²) in [5.41, 5.74) is 8.38. The number of carbonyl (C=O) groups is 1. The number of benzene rings is 1. The molecule has 1 aromatic carbocycles.